The minimum Gasteiger partial charge on any atom is -0.484 e. The minimum absolute atomic E-state index is 0.0424. The third-order valence-electron chi connectivity index (χ3n) is 5.56. The number of carbonyl (C=O) groups is 1. The highest BCUT2D eigenvalue weighted by Crippen LogP contribution is 2.55. The first-order chi connectivity index (χ1) is 10.2. The van der Waals surface area contributed by atoms with Gasteiger partial charge < -0.3 is 10.1 Å². The zero-order valence-corrected chi connectivity index (χ0v) is 12.4. The smallest absolute Gasteiger partial charge is 0.258 e. The number of amides is 1. The molecule has 0 aromatic heterocycles. The molecule has 4 bridgehead atoms. The summed E-state index contributed by atoms with van der Waals surface area (Å²) < 4.78 is 5.57. The van der Waals surface area contributed by atoms with Crippen molar-refractivity contribution in [1.82, 2.24) is 5.32 Å². The summed E-state index contributed by atoms with van der Waals surface area (Å²) in [6.45, 7) is 0.131. The van der Waals surface area contributed by atoms with Crippen molar-refractivity contribution >= 4 is 5.91 Å². The number of nitrogens with one attached hydrogen (secondary N) is 1. The monoisotopic (exact) mass is 285 g/mol. The van der Waals surface area contributed by atoms with Gasteiger partial charge in [-0.1, -0.05) is 18.2 Å². The van der Waals surface area contributed by atoms with Crippen molar-refractivity contribution in [3.8, 4) is 5.75 Å². The van der Waals surface area contributed by atoms with Crippen LogP contribution < -0.4 is 10.1 Å². The Morgan fingerprint density at radius 3 is 2.19 bits per heavy atom. The van der Waals surface area contributed by atoms with Gasteiger partial charge in [0.2, 0.25) is 0 Å². The largest absolute Gasteiger partial charge is 0.484 e. The van der Waals surface area contributed by atoms with E-state index in [0.29, 0.717) is 0 Å². The summed E-state index contributed by atoms with van der Waals surface area (Å²) in [6, 6.07) is 9.57. The van der Waals surface area contributed by atoms with Crippen LogP contribution in [-0.4, -0.2) is 18.1 Å². The average Bonchev–Trinajstić information content (AvgIpc) is 2.44. The van der Waals surface area contributed by atoms with Crippen LogP contribution >= 0.6 is 0 Å². The van der Waals surface area contributed by atoms with Gasteiger partial charge >= 0.3 is 0 Å². The molecular weight excluding hydrogens is 262 g/mol. The molecule has 0 atom stereocenters. The first-order valence-corrected chi connectivity index (χ1v) is 8.20. The second kappa shape index (κ2) is 5.04. The van der Waals surface area contributed by atoms with Crippen LogP contribution in [0.1, 0.15) is 38.5 Å². The lowest BCUT2D eigenvalue weighted by atomic mass is 9.53. The van der Waals surface area contributed by atoms with Crippen molar-refractivity contribution in [2.75, 3.05) is 6.61 Å². The van der Waals surface area contributed by atoms with E-state index in [2.05, 4.69) is 5.32 Å². The Morgan fingerprint density at radius 2 is 1.62 bits per heavy atom. The Morgan fingerprint density at radius 1 is 1.05 bits per heavy atom. The molecule has 1 aromatic carbocycles. The summed E-state index contributed by atoms with van der Waals surface area (Å²) in [5, 5.41) is 3.33. The van der Waals surface area contributed by atoms with Gasteiger partial charge in [0.1, 0.15) is 5.75 Å². The lowest BCUT2D eigenvalue weighted by Crippen LogP contribution is -2.60. The standard InChI is InChI=1S/C18H23NO2/c20-17(12-21-16-4-2-1-3-5-16)19-18-9-13-6-14(10-18)8-15(7-13)11-18/h1-5,13-15H,6-12H2,(H,19,20). The number of para-hydroxylation sites is 1. The first kappa shape index (κ1) is 13.2. The van der Waals surface area contributed by atoms with Crippen molar-refractivity contribution in [3.63, 3.8) is 0 Å². The number of ether oxygens (including phenoxy) is 1. The number of benzene rings is 1. The summed E-state index contributed by atoms with van der Waals surface area (Å²) >= 11 is 0. The van der Waals surface area contributed by atoms with E-state index in [1.165, 1.54) is 38.5 Å². The van der Waals surface area contributed by atoms with Gasteiger partial charge in [-0.05, 0) is 68.4 Å². The Hall–Kier alpha value is -1.51. The van der Waals surface area contributed by atoms with Gasteiger partial charge in [-0.15, -0.1) is 0 Å². The second-order valence-electron chi connectivity index (χ2n) is 7.35. The molecule has 3 nitrogen and oxygen atoms in total. The van der Waals surface area contributed by atoms with Gasteiger partial charge in [-0.3, -0.25) is 4.79 Å². The lowest BCUT2D eigenvalue weighted by Gasteiger charge is -2.56. The third kappa shape index (κ3) is 2.66. The summed E-state index contributed by atoms with van der Waals surface area (Å²) in [5.41, 5.74) is 0.0892. The lowest BCUT2D eigenvalue weighted by molar-refractivity contribution is -0.128. The van der Waals surface area contributed by atoms with Gasteiger partial charge in [0.05, 0.1) is 0 Å². The van der Waals surface area contributed by atoms with E-state index in [1.807, 2.05) is 30.3 Å². The molecule has 4 fully saturated rings. The summed E-state index contributed by atoms with van der Waals surface area (Å²) in [5.74, 6) is 3.36. The number of hydrogen-bond acceptors (Lipinski definition) is 2. The zero-order valence-electron chi connectivity index (χ0n) is 12.4. The molecule has 5 rings (SSSR count). The quantitative estimate of drug-likeness (QED) is 0.923. The predicted molar refractivity (Wildman–Crippen MR) is 81.0 cm³/mol. The normalized spacial score (nSPS) is 36.5. The molecule has 1 N–H and O–H groups in total. The second-order valence-corrected chi connectivity index (χ2v) is 7.35. The van der Waals surface area contributed by atoms with Gasteiger partial charge in [-0.2, -0.15) is 0 Å². The molecule has 0 heterocycles. The van der Waals surface area contributed by atoms with Crippen LogP contribution in [0.3, 0.4) is 0 Å². The number of rotatable bonds is 4. The van der Waals surface area contributed by atoms with Gasteiger partial charge in [0, 0.05) is 5.54 Å². The molecule has 0 aliphatic heterocycles. The Bertz CT molecular complexity index is 490. The fourth-order valence-corrected chi connectivity index (χ4v) is 5.26. The van der Waals surface area contributed by atoms with Crippen molar-refractivity contribution in [2.24, 2.45) is 17.8 Å². The molecule has 4 saturated carbocycles. The Labute approximate surface area is 126 Å². The van der Waals surface area contributed by atoms with E-state index in [4.69, 9.17) is 4.74 Å². The average molecular weight is 285 g/mol. The molecule has 4 aliphatic rings. The molecule has 21 heavy (non-hydrogen) atoms. The molecule has 0 unspecified atom stereocenters. The molecule has 0 saturated heterocycles. The molecule has 0 spiro atoms. The fourth-order valence-electron chi connectivity index (χ4n) is 5.26. The van der Waals surface area contributed by atoms with Crippen LogP contribution in [0.2, 0.25) is 0 Å². The summed E-state index contributed by atoms with van der Waals surface area (Å²) in [4.78, 5) is 12.3. The zero-order chi connectivity index (χ0) is 14.3. The molecule has 4 aliphatic carbocycles. The van der Waals surface area contributed by atoms with E-state index < -0.39 is 0 Å². The predicted octanol–water partition coefficient (Wildman–Crippen LogP) is 3.15. The van der Waals surface area contributed by atoms with Crippen molar-refractivity contribution in [3.05, 3.63) is 30.3 Å². The Balaban J connectivity index is 1.36. The van der Waals surface area contributed by atoms with Crippen LogP contribution in [-0.2, 0) is 4.79 Å². The van der Waals surface area contributed by atoms with E-state index in [1.54, 1.807) is 0 Å². The van der Waals surface area contributed by atoms with E-state index in [-0.39, 0.29) is 18.1 Å². The number of carbonyl (C=O) groups excluding carboxylic acids is 1. The summed E-state index contributed by atoms with van der Waals surface area (Å²) in [7, 11) is 0. The van der Waals surface area contributed by atoms with Gasteiger partial charge in [0.15, 0.2) is 6.61 Å². The van der Waals surface area contributed by atoms with E-state index in [9.17, 15) is 4.79 Å². The van der Waals surface area contributed by atoms with E-state index in [0.717, 1.165) is 23.5 Å². The van der Waals surface area contributed by atoms with Crippen molar-refractivity contribution in [1.29, 1.82) is 0 Å². The Kier molecular flexibility index (Phi) is 3.16. The molecule has 3 heteroatoms. The van der Waals surface area contributed by atoms with Crippen LogP contribution in [0, 0.1) is 17.8 Å². The summed E-state index contributed by atoms with van der Waals surface area (Å²) in [6.07, 6.45) is 7.77. The van der Waals surface area contributed by atoms with Gasteiger partial charge in [0.25, 0.3) is 5.91 Å². The van der Waals surface area contributed by atoms with Crippen LogP contribution in [0.4, 0.5) is 0 Å². The van der Waals surface area contributed by atoms with Gasteiger partial charge in [-0.25, -0.2) is 0 Å². The first-order valence-electron chi connectivity index (χ1n) is 8.20. The highest BCUT2D eigenvalue weighted by atomic mass is 16.5. The molecule has 112 valence electrons. The molecular formula is C18H23NO2. The minimum atomic E-state index is 0.0424. The fraction of sp³-hybridized carbons (Fsp3) is 0.611. The molecule has 1 aromatic rings. The highest BCUT2D eigenvalue weighted by molar-refractivity contribution is 5.78. The van der Waals surface area contributed by atoms with Crippen LogP contribution in [0.25, 0.3) is 0 Å². The SMILES string of the molecule is O=C(COc1ccccc1)NC12CC3CC(CC(C3)C1)C2. The number of hydrogen-bond donors (Lipinski definition) is 1. The molecule has 0 radical (unpaired) electrons. The molecule has 1 amide bonds. The van der Waals surface area contributed by atoms with Crippen molar-refractivity contribution < 1.29 is 9.53 Å². The van der Waals surface area contributed by atoms with E-state index >= 15 is 0 Å². The van der Waals surface area contributed by atoms with Crippen LogP contribution in [0.5, 0.6) is 5.75 Å². The maximum absolute atomic E-state index is 12.3. The van der Waals surface area contributed by atoms with Crippen molar-refractivity contribution in [2.45, 2.75) is 44.1 Å². The highest BCUT2D eigenvalue weighted by Gasteiger charge is 2.51. The third-order valence-corrected chi connectivity index (χ3v) is 5.56. The van der Waals surface area contributed by atoms with Crippen LogP contribution in [0.15, 0.2) is 30.3 Å². The maximum Gasteiger partial charge on any atom is 0.258 e. The topological polar surface area (TPSA) is 38.3 Å². The maximum atomic E-state index is 12.3.